The molecule has 5 rings (SSSR count). The molecule has 1 aliphatic rings. The molecule has 4 nitrogen and oxygen atoms in total. The molecule has 3 aromatic heterocycles. The molecular formula is C26H25FN4. The van der Waals surface area contributed by atoms with E-state index in [0.717, 1.165) is 37.0 Å². The summed E-state index contributed by atoms with van der Waals surface area (Å²) >= 11 is 0. The van der Waals surface area contributed by atoms with Crippen LogP contribution in [0.3, 0.4) is 0 Å². The molecule has 0 bridgehead atoms. The number of likely N-dealkylation sites (N-methyl/N-ethyl adjacent to an activating group) is 1. The number of hydrogen-bond donors (Lipinski definition) is 0. The van der Waals surface area contributed by atoms with Crippen LogP contribution < -0.4 is 0 Å². The minimum Gasteiger partial charge on any atom is -0.310 e. The Balaban J connectivity index is 1.87. The maximum atomic E-state index is 16.2. The molecule has 156 valence electrons. The number of halogens is 1. The van der Waals surface area contributed by atoms with Crippen molar-refractivity contribution < 1.29 is 4.39 Å². The number of benzene rings is 1. The molecule has 0 spiro atoms. The zero-order valence-corrected chi connectivity index (χ0v) is 17.8. The van der Waals surface area contributed by atoms with Gasteiger partial charge < -0.3 is 9.47 Å². The van der Waals surface area contributed by atoms with Gasteiger partial charge in [0.15, 0.2) is 5.83 Å². The number of rotatable bonds is 3. The summed E-state index contributed by atoms with van der Waals surface area (Å²) in [7, 11) is 2.15. The van der Waals surface area contributed by atoms with Crippen molar-refractivity contribution in [1.29, 1.82) is 0 Å². The van der Waals surface area contributed by atoms with Crippen LogP contribution >= 0.6 is 0 Å². The largest absolute Gasteiger partial charge is 0.310 e. The quantitative estimate of drug-likeness (QED) is 0.469. The first kappa shape index (κ1) is 19.6. The second-order valence-electron chi connectivity index (χ2n) is 8.22. The Kier molecular flexibility index (Phi) is 5.12. The van der Waals surface area contributed by atoms with Gasteiger partial charge in [0.05, 0.1) is 11.2 Å². The van der Waals surface area contributed by atoms with Crippen LogP contribution in [0.15, 0.2) is 67.3 Å². The second kappa shape index (κ2) is 8.08. The minimum absolute atomic E-state index is 0.258. The molecule has 1 aliphatic heterocycles. The summed E-state index contributed by atoms with van der Waals surface area (Å²) in [4.78, 5) is 10.6. The third-order valence-electron chi connectivity index (χ3n) is 6.13. The minimum atomic E-state index is -0.258. The van der Waals surface area contributed by atoms with Gasteiger partial charge in [-0.15, -0.1) is 0 Å². The molecule has 0 saturated heterocycles. The standard InChI is InChI=1S/C26H25FN4/c1-18-3-4-23-22(17-18)21-9-15-30(2)16-10-24(21)31(23)26(20-7-13-29-14-8-20)25(27)19-5-11-28-12-6-19/h3-8,11-14,17H,9-10,15-16H2,1-2H3. The van der Waals surface area contributed by atoms with Gasteiger partial charge in [-0.25, -0.2) is 4.39 Å². The number of aryl methyl sites for hydroxylation is 1. The number of hydrogen-bond acceptors (Lipinski definition) is 3. The van der Waals surface area contributed by atoms with E-state index in [1.165, 1.54) is 22.2 Å². The van der Waals surface area contributed by atoms with Gasteiger partial charge >= 0.3 is 0 Å². The van der Waals surface area contributed by atoms with E-state index in [9.17, 15) is 0 Å². The monoisotopic (exact) mass is 412 g/mol. The summed E-state index contributed by atoms with van der Waals surface area (Å²) in [5.74, 6) is -0.258. The highest BCUT2D eigenvalue weighted by Gasteiger charge is 2.25. The molecule has 0 amide bonds. The summed E-state index contributed by atoms with van der Waals surface area (Å²) in [6.45, 7) is 4.06. The molecule has 0 N–H and O–H groups in total. The van der Waals surface area contributed by atoms with Crippen LogP contribution in [-0.2, 0) is 12.8 Å². The smallest absolute Gasteiger partial charge is 0.155 e. The van der Waals surface area contributed by atoms with E-state index in [1.54, 1.807) is 36.9 Å². The van der Waals surface area contributed by atoms with E-state index in [2.05, 4.69) is 51.6 Å². The van der Waals surface area contributed by atoms with E-state index >= 15 is 4.39 Å². The van der Waals surface area contributed by atoms with Crippen molar-refractivity contribution in [3.05, 3.63) is 95.2 Å². The summed E-state index contributed by atoms with van der Waals surface area (Å²) in [5, 5.41) is 1.22. The predicted octanol–water partition coefficient (Wildman–Crippen LogP) is 5.11. The third-order valence-corrected chi connectivity index (χ3v) is 6.13. The molecule has 31 heavy (non-hydrogen) atoms. The van der Waals surface area contributed by atoms with E-state index in [-0.39, 0.29) is 5.83 Å². The van der Waals surface area contributed by atoms with Gasteiger partial charge in [0.1, 0.15) is 0 Å². The molecule has 0 atom stereocenters. The molecule has 5 heteroatoms. The van der Waals surface area contributed by atoms with Crippen molar-refractivity contribution >= 4 is 22.4 Å². The number of nitrogens with zero attached hydrogens (tertiary/aromatic N) is 4. The lowest BCUT2D eigenvalue weighted by molar-refractivity contribution is 0.351. The third kappa shape index (κ3) is 3.55. The highest BCUT2D eigenvalue weighted by atomic mass is 19.1. The van der Waals surface area contributed by atoms with Crippen molar-refractivity contribution in [3.8, 4) is 0 Å². The molecule has 0 aliphatic carbocycles. The lowest BCUT2D eigenvalue weighted by Crippen LogP contribution is -2.21. The highest BCUT2D eigenvalue weighted by molar-refractivity contribution is 5.96. The van der Waals surface area contributed by atoms with Gasteiger partial charge in [-0.2, -0.15) is 0 Å². The van der Waals surface area contributed by atoms with Crippen molar-refractivity contribution in [1.82, 2.24) is 19.4 Å². The Labute approximate surface area is 181 Å². The lowest BCUT2D eigenvalue weighted by Gasteiger charge is -2.18. The average molecular weight is 413 g/mol. The molecule has 0 radical (unpaired) electrons. The molecule has 4 heterocycles. The highest BCUT2D eigenvalue weighted by Crippen LogP contribution is 2.38. The normalized spacial score (nSPS) is 15.5. The summed E-state index contributed by atoms with van der Waals surface area (Å²) in [5.41, 5.74) is 6.69. The van der Waals surface area contributed by atoms with Crippen LogP contribution in [-0.4, -0.2) is 39.6 Å². The van der Waals surface area contributed by atoms with Gasteiger partial charge in [0.2, 0.25) is 0 Å². The van der Waals surface area contributed by atoms with Gasteiger partial charge in [-0.1, -0.05) is 11.6 Å². The van der Waals surface area contributed by atoms with E-state index in [0.29, 0.717) is 11.3 Å². The Morgan fingerprint density at radius 2 is 1.52 bits per heavy atom. The molecular weight excluding hydrogens is 387 g/mol. The van der Waals surface area contributed by atoms with Crippen molar-refractivity contribution in [2.24, 2.45) is 0 Å². The van der Waals surface area contributed by atoms with Gasteiger partial charge in [-0.3, -0.25) is 9.97 Å². The van der Waals surface area contributed by atoms with Crippen LogP contribution in [0.2, 0.25) is 0 Å². The van der Waals surface area contributed by atoms with Crippen LogP contribution in [0.25, 0.3) is 22.4 Å². The Bertz CT molecular complexity index is 1260. The van der Waals surface area contributed by atoms with Crippen LogP contribution in [0, 0.1) is 6.92 Å². The molecule has 0 unspecified atom stereocenters. The summed E-state index contributed by atoms with van der Waals surface area (Å²) in [6.07, 6.45) is 8.53. The Morgan fingerprint density at radius 3 is 2.23 bits per heavy atom. The molecule has 0 saturated carbocycles. The summed E-state index contributed by atoms with van der Waals surface area (Å²) < 4.78 is 18.4. The number of pyridine rings is 2. The Hall–Kier alpha value is -3.31. The fraction of sp³-hybridized carbons (Fsp3) is 0.231. The topological polar surface area (TPSA) is 34.0 Å². The molecule has 1 aromatic carbocycles. The van der Waals surface area contributed by atoms with Crippen molar-refractivity contribution in [2.75, 3.05) is 20.1 Å². The zero-order valence-electron chi connectivity index (χ0n) is 17.8. The second-order valence-corrected chi connectivity index (χ2v) is 8.22. The maximum Gasteiger partial charge on any atom is 0.155 e. The van der Waals surface area contributed by atoms with Gasteiger partial charge in [0, 0.05) is 66.5 Å². The van der Waals surface area contributed by atoms with Gasteiger partial charge in [-0.05, 0) is 62.4 Å². The van der Waals surface area contributed by atoms with Crippen LogP contribution in [0.5, 0.6) is 0 Å². The SMILES string of the molecule is Cc1ccc2c(c1)c1c(n2C(=C(F)c2ccncc2)c2ccncc2)CCN(C)CC1. The first-order valence-electron chi connectivity index (χ1n) is 10.7. The van der Waals surface area contributed by atoms with E-state index in [4.69, 9.17) is 0 Å². The first-order chi connectivity index (χ1) is 15.1. The fourth-order valence-corrected chi connectivity index (χ4v) is 4.53. The van der Waals surface area contributed by atoms with E-state index < -0.39 is 0 Å². The number of fused-ring (bicyclic) bond motifs is 3. The molecule has 0 fully saturated rings. The van der Waals surface area contributed by atoms with E-state index in [1.807, 2.05) is 12.1 Å². The number of aromatic nitrogens is 3. The first-order valence-corrected chi connectivity index (χ1v) is 10.7. The zero-order chi connectivity index (χ0) is 21.4. The van der Waals surface area contributed by atoms with Crippen LogP contribution in [0.4, 0.5) is 4.39 Å². The lowest BCUT2D eigenvalue weighted by atomic mass is 10.1. The van der Waals surface area contributed by atoms with Crippen LogP contribution in [0.1, 0.15) is 27.9 Å². The fourth-order valence-electron chi connectivity index (χ4n) is 4.53. The predicted molar refractivity (Wildman–Crippen MR) is 123 cm³/mol. The summed E-state index contributed by atoms with van der Waals surface area (Å²) in [6, 6.07) is 13.7. The maximum absolute atomic E-state index is 16.2. The average Bonchev–Trinajstić information content (AvgIpc) is 2.95. The molecule has 4 aromatic rings. The Morgan fingerprint density at radius 1 is 0.871 bits per heavy atom. The van der Waals surface area contributed by atoms with Crippen molar-refractivity contribution in [3.63, 3.8) is 0 Å². The van der Waals surface area contributed by atoms with Crippen molar-refractivity contribution in [2.45, 2.75) is 19.8 Å². The van der Waals surface area contributed by atoms with Gasteiger partial charge in [0.25, 0.3) is 0 Å².